The van der Waals surface area contributed by atoms with E-state index in [4.69, 9.17) is 22.1 Å². The molecule has 4 nitrogen and oxygen atoms in total. The summed E-state index contributed by atoms with van der Waals surface area (Å²) >= 11 is 5.91. The summed E-state index contributed by atoms with van der Waals surface area (Å²) in [4.78, 5) is 14.0. The highest BCUT2D eigenvalue weighted by Crippen LogP contribution is 2.23. The molecule has 1 rings (SSSR count). The van der Waals surface area contributed by atoms with Gasteiger partial charge in [-0.2, -0.15) is 0 Å². The van der Waals surface area contributed by atoms with E-state index in [2.05, 4.69) is 0 Å². The third-order valence-corrected chi connectivity index (χ3v) is 2.99. The summed E-state index contributed by atoms with van der Waals surface area (Å²) in [6.07, 6.45) is 0. The van der Waals surface area contributed by atoms with Crippen molar-refractivity contribution in [2.24, 2.45) is 0 Å². The van der Waals surface area contributed by atoms with Gasteiger partial charge in [0.05, 0.1) is 22.9 Å². The molecule has 2 N–H and O–H groups in total. The third-order valence-electron chi connectivity index (χ3n) is 2.66. The number of nitrogens with zero attached hydrogens (tertiary/aromatic N) is 1. The molecule has 0 aliphatic heterocycles. The average Bonchev–Trinajstić information content (AvgIpc) is 2.37. The predicted molar refractivity (Wildman–Crippen MR) is 73.9 cm³/mol. The maximum Gasteiger partial charge on any atom is 0.256 e. The van der Waals surface area contributed by atoms with Crippen LogP contribution in [0.5, 0.6) is 0 Å². The van der Waals surface area contributed by atoms with Gasteiger partial charge in [0, 0.05) is 19.7 Å². The molecule has 0 aliphatic carbocycles. The van der Waals surface area contributed by atoms with Gasteiger partial charge in [-0.15, -0.1) is 0 Å². The van der Waals surface area contributed by atoms with Gasteiger partial charge in [0.25, 0.3) is 5.91 Å². The molecule has 5 heteroatoms. The van der Waals surface area contributed by atoms with E-state index in [1.54, 1.807) is 23.1 Å². The maximum absolute atomic E-state index is 12.3. The number of ether oxygens (including phenoxy) is 1. The first kappa shape index (κ1) is 14.8. The number of benzene rings is 1. The van der Waals surface area contributed by atoms with Crippen molar-refractivity contribution in [1.82, 2.24) is 4.90 Å². The van der Waals surface area contributed by atoms with Gasteiger partial charge >= 0.3 is 0 Å². The quantitative estimate of drug-likeness (QED) is 0.638. The van der Waals surface area contributed by atoms with Crippen molar-refractivity contribution in [2.45, 2.75) is 13.8 Å². The zero-order valence-electron chi connectivity index (χ0n) is 10.8. The molecule has 0 atom stereocenters. The Morgan fingerprint density at radius 2 is 2.17 bits per heavy atom. The van der Waals surface area contributed by atoms with E-state index >= 15 is 0 Å². The fourth-order valence-corrected chi connectivity index (χ4v) is 1.79. The van der Waals surface area contributed by atoms with Crippen LogP contribution in [0.1, 0.15) is 24.2 Å². The Morgan fingerprint density at radius 3 is 2.78 bits per heavy atom. The van der Waals surface area contributed by atoms with Crippen molar-refractivity contribution >= 4 is 23.2 Å². The van der Waals surface area contributed by atoms with Crippen LogP contribution < -0.4 is 5.73 Å². The normalized spacial score (nSPS) is 10.4. The molecular weight excluding hydrogens is 252 g/mol. The number of carbonyl (C=O) groups excluding carboxylic acids is 1. The largest absolute Gasteiger partial charge is 0.397 e. The van der Waals surface area contributed by atoms with Crippen LogP contribution in [0.25, 0.3) is 0 Å². The lowest BCUT2D eigenvalue weighted by molar-refractivity contribution is 0.0670. The van der Waals surface area contributed by atoms with Gasteiger partial charge < -0.3 is 15.4 Å². The summed E-state index contributed by atoms with van der Waals surface area (Å²) in [6, 6.07) is 5.08. The molecule has 0 bridgehead atoms. The lowest BCUT2D eigenvalue weighted by Gasteiger charge is -2.21. The second-order valence-electron chi connectivity index (χ2n) is 3.78. The van der Waals surface area contributed by atoms with Crippen LogP contribution in [0.15, 0.2) is 18.2 Å². The Morgan fingerprint density at radius 1 is 1.44 bits per heavy atom. The Bertz CT molecular complexity index is 410. The second kappa shape index (κ2) is 7.24. The number of hydrogen-bond donors (Lipinski definition) is 1. The summed E-state index contributed by atoms with van der Waals surface area (Å²) in [7, 11) is 0. The third kappa shape index (κ3) is 3.62. The monoisotopic (exact) mass is 270 g/mol. The Balaban J connectivity index is 2.80. The van der Waals surface area contributed by atoms with Crippen LogP contribution in [0.4, 0.5) is 5.69 Å². The fraction of sp³-hybridized carbons (Fsp3) is 0.462. The van der Waals surface area contributed by atoms with Crippen molar-refractivity contribution in [3.05, 3.63) is 28.8 Å². The van der Waals surface area contributed by atoms with Gasteiger partial charge in [0.2, 0.25) is 0 Å². The number of nitrogen functional groups attached to an aromatic ring is 1. The Labute approximate surface area is 113 Å². The molecule has 0 unspecified atom stereocenters. The topological polar surface area (TPSA) is 55.6 Å². The van der Waals surface area contributed by atoms with E-state index in [9.17, 15) is 4.79 Å². The summed E-state index contributed by atoms with van der Waals surface area (Å²) < 4.78 is 5.25. The van der Waals surface area contributed by atoms with Crippen LogP contribution in [0.2, 0.25) is 5.02 Å². The molecule has 0 fully saturated rings. The predicted octanol–water partition coefficient (Wildman–Crippen LogP) is 2.42. The van der Waals surface area contributed by atoms with Gasteiger partial charge in [-0.3, -0.25) is 4.79 Å². The number of rotatable bonds is 6. The van der Waals surface area contributed by atoms with E-state index in [1.165, 1.54) is 0 Å². The number of para-hydroxylation sites is 1. The lowest BCUT2D eigenvalue weighted by Crippen LogP contribution is -2.34. The lowest BCUT2D eigenvalue weighted by atomic mass is 10.1. The summed E-state index contributed by atoms with van der Waals surface area (Å²) in [5.74, 6) is -0.114. The van der Waals surface area contributed by atoms with E-state index in [0.29, 0.717) is 42.6 Å². The first-order valence-corrected chi connectivity index (χ1v) is 6.40. The van der Waals surface area contributed by atoms with E-state index in [0.717, 1.165) is 0 Å². The van der Waals surface area contributed by atoms with Crippen molar-refractivity contribution in [2.75, 3.05) is 32.0 Å². The summed E-state index contributed by atoms with van der Waals surface area (Å²) in [6.45, 7) is 6.17. The van der Waals surface area contributed by atoms with Crippen molar-refractivity contribution < 1.29 is 9.53 Å². The minimum Gasteiger partial charge on any atom is -0.397 e. The summed E-state index contributed by atoms with van der Waals surface area (Å²) in [5.41, 5.74) is 6.60. The molecule has 1 aromatic rings. The van der Waals surface area contributed by atoms with Gasteiger partial charge in [-0.1, -0.05) is 17.7 Å². The van der Waals surface area contributed by atoms with Crippen LogP contribution >= 0.6 is 11.6 Å². The summed E-state index contributed by atoms with van der Waals surface area (Å²) in [5, 5.41) is 0.404. The Kier molecular flexibility index (Phi) is 5.95. The Hall–Kier alpha value is -1.26. The molecule has 0 saturated heterocycles. The van der Waals surface area contributed by atoms with E-state index < -0.39 is 0 Å². The molecular formula is C13H19ClN2O2. The highest BCUT2D eigenvalue weighted by molar-refractivity contribution is 6.33. The van der Waals surface area contributed by atoms with Crippen LogP contribution in [-0.4, -0.2) is 37.1 Å². The highest BCUT2D eigenvalue weighted by Gasteiger charge is 2.17. The molecule has 0 aliphatic rings. The molecule has 0 spiro atoms. The number of amides is 1. The van der Waals surface area contributed by atoms with Crippen LogP contribution in [0, 0.1) is 0 Å². The van der Waals surface area contributed by atoms with Gasteiger partial charge in [-0.05, 0) is 26.0 Å². The number of likely N-dealkylation sites (N-methyl/N-ethyl adjacent to an activating group) is 1. The SMILES string of the molecule is CCOCCN(CC)C(=O)c1cccc(Cl)c1N. The van der Waals surface area contributed by atoms with Crippen molar-refractivity contribution in [1.29, 1.82) is 0 Å². The number of hydrogen-bond acceptors (Lipinski definition) is 3. The average molecular weight is 271 g/mol. The molecule has 100 valence electrons. The second-order valence-corrected chi connectivity index (χ2v) is 4.19. The molecule has 0 saturated carbocycles. The number of nitrogens with two attached hydrogens (primary N) is 1. The van der Waals surface area contributed by atoms with Gasteiger partial charge in [-0.25, -0.2) is 0 Å². The number of carbonyl (C=O) groups is 1. The first-order valence-electron chi connectivity index (χ1n) is 6.02. The van der Waals surface area contributed by atoms with Crippen LogP contribution in [0.3, 0.4) is 0 Å². The standard InChI is InChI=1S/C13H19ClN2O2/c1-3-16(8-9-18-4-2)13(17)10-6-5-7-11(14)12(10)15/h5-7H,3-4,8-9,15H2,1-2H3. The molecule has 18 heavy (non-hydrogen) atoms. The zero-order chi connectivity index (χ0) is 13.5. The van der Waals surface area contributed by atoms with E-state index in [-0.39, 0.29) is 5.91 Å². The van der Waals surface area contributed by atoms with Crippen LogP contribution in [-0.2, 0) is 4.74 Å². The van der Waals surface area contributed by atoms with Crippen molar-refractivity contribution in [3.8, 4) is 0 Å². The molecule has 0 radical (unpaired) electrons. The first-order chi connectivity index (χ1) is 8.61. The zero-order valence-corrected chi connectivity index (χ0v) is 11.5. The number of halogens is 1. The number of anilines is 1. The minimum atomic E-state index is -0.114. The maximum atomic E-state index is 12.3. The van der Waals surface area contributed by atoms with Crippen molar-refractivity contribution in [3.63, 3.8) is 0 Å². The van der Waals surface area contributed by atoms with E-state index in [1.807, 2.05) is 13.8 Å². The smallest absolute Gasteiger partial charge is 0.256 e. The molecule has 1 aromatic carbocycles. The van der Waals surface area contributed by atoms with Gasteiger partial charge in [0.15, 0.2) is 0 Å². The minimum absolute atomic E-state index is 0.114. The molecule has 0 aromatic heterocycles. The fourth-order valence-electron chi connectivity index (χ4n) is 1.62. The van der Waals surface area contributed by atoms with Gasteiger partial charge in [0.1, 0.15) is 0 Å². The highest BCUT2D eigenvalue weighted by atomic mass is 35.5. The molecule has 1 amide bonds. The molecule has 0 heterocycles.